The molecule has 1 saturated heterocycles. The normalized spacial score (nSPS) is 19.7. The Labute approximate surface area is 111 Å². The smallest absolute Gasteiger partial charge is 0.222 e. The molecule has 0 unspecified atom stereocenters. The minimum atomic E-state index is -0.00387. The highest BCUT2D eigenvalue weighted by molar-refractivity contribution is 7.71. The van der Waals surface area contributed by atoms with E-state index in [1.54, 1.807) is 4.57 Å². The highest BCUT2D eigenvalue weighted by Crippen LogP contribution is 2.15. The summed E-state index contributed by atoms with van der Waals surface area (Å²) in [6, 6.07) is 0. The van der Waals surface area contributed by atoms with Gasteiger partial charge in [0.15, 0.2) is 10.6 Å². The largest absolute Gasteiger partial charge is 0.378 e. The molecule has 1 aliphatic rings. The highest BCUT2D eigenvalue weighted by Gasteiger charge is 2.17. The summed E-state index contributed by atoms with van der Waals surface area (Å²) in [6.07, 6.45) is 3.71. The SMILES string of the molecule is Cn1c(CNC(=O)C[C@H]2CCCCO2)n[nH]c1=S. The highest BCUT2D eigenvalue weighted by atomic mass is 32.1. The Bertz CT molecular complexity index is 462. The standard InChI is InChI=1S/C11H18N4O2S/c1-15-9(13-14-11(15)18)7-12-10(16)6-8-4-2-3-5-17-8/h8H,2-7H2,1H3,(H,12,16)(H,14,18)/t8-/m1/s1. The van der Waals surface area contributed by atoms with Gasteiger partial charge < -0.3 is 14.6 Å². The first-order valence-corrected chi connectivity index (χ1v) is 6.56. The van der Waals surface area contributed by atoms with E-state index in [1.165, 1.54) is 0 Å². The molecule has 0 spiro atoms. The lowest BCUT2D eigenvalue weighted by Gasteiger charge is -2.21. The average Bonchev–Trinajstić information content (AvgIpc) is 2.69. The number of carbonyl (C=O) groups excluding carboxylic acids is 1. The maximum atomic E-state index is 11.7. The third kappa shape index (κ3) is 3.39. The lowest BCUT2D eigenvalue weighted by atomic mass is 10.1. The van der Waals surface area contributed by atoms with Crippen molar-refractivity contribution in [2.45, 2.75) is 38.3 Å². The lowest BCUT2D eigenvalue weighted by molar-refractivity contribution is -0.125. The molecule has 1 amide bonds. The van der Waals surface area contributed by atoms with Crippen LogP contribution in [0.2, 0.25) is 0 Å². The summed E-state index contributed by atoms with van der Waals surface area (Å²) < 4.78 is 7.82. The zero-order valence-electron chi connectivity index (χ0n) is 10.4. The van der Waals surface area contributed by atoms with Crippen LogP contribution in [0, 0.1) is 4.77 Å². The average molecular weight is 270 g/mol. The van der Waals surface area contributed by atoms with Crippen molar-refractivity contribution in [3.05, 3.63) is 10.6 Å². The molecule has 100 valence electrons. The second kappa shape index (κ2) is 6.10. The predicted molar refractivity (Wildman–Crippen MR) is 68.4 cm³/mol. The Kier molecular flexibility index (Phi) is 4.48. The van der Waals surface area contributed by atoms with Crippen molar-refractivity contribution in [1.82, 2.24) is 20.1 Å². The van der Waals surface area contributed by atoms with Gasteiger partial charge in [-0.2, -0.15) is 5.10 Å². The molecule has 1 atom stereocenters. The van der Waals surface area contributed by atoms with Gasteiger partial charge in [0.05, 0.1) is 19.1 Å². The molecule has 2 N–H and O–H groups in total. The van der Waals surface area contributed by atoms with Gasteiger partial charge in [0.1, 0.15) is 0 Å². The minimum Gasteiger partial charge on any atom is -0.378 e. The van der Waals surface area contributed by atoms with Crippen molar-refractivity contribution in [3.8, 4) is 0 Å². The Balaban J connectivity index is 1.77. The molecule has 0 saturated carbocycles. The van der Waals surface area contributed by atoms with Gasteiger partial charge in [0.25, 0.3) is 0 Å². The molecule has 2 rings (SSSR count). The van der Waals surface area contributed by atoms with Crippen molar-refractivity contribution < 1.29 is 9.53 Å². The van der Waals surface area contributed by atoms with E-state index in [2.05, 4.69) is 15.5 Å². The molecule has 0 bridgehead atoms. The zero-order chi connectivity index (χ0) is 13.0. The van der Waals surface area contributed by atoms with Crippen molar-refractivity contribution >= 4 is 18.1 Å². The molecule has 1 aromatic heterocycles. The number of rotatable bonds is 4. The van der Waals surface area contributed by atoms with Gasteiger partial charge >= 0.3 is 0 Å². The topological polar surface area (TPSA) is 71.9 Å². The first-order valence-electron chi connectivity index (χ1n) is 6.15. The number of nitrogens with zero attached hydrogens (tertiary/aromatic N) is 2. The fourth-order valence-electron chi connectivity index (χ4n) is 1.96. The molecule has 0 radical (unpaired) electrons. The summed E-state index contributed by atoms with van der Waals surface area (Å²) >= 11 is 5.00. The molecule has 0 aliphatic carbocycles. The fourth-order valence-corrected chi connectivity index (χ4v) is 2.11. The predicted octanol–water partition coefficient (Wildman–Crippen LogP) is 1.05. The maximum absolute atomic E-state index is 11.7. The number of hydrogen-bond donors (Lipinski definition) is 2. The molecule has 1 fully saturated rings. The molecule has 1 aromatic rings. The fraction of sp³-hybridized carbons (Fsp3) is 0.727. The molecule has 2 heterocycles. The number of nitrogens with one attached hydrogen (secondary N) is 2. The summed E-state index contributed by atoms with van der Waals surface area (Å²) in [5.41, 5.74) is 0. The van der Waals surface area contributed by atoms with E-state index in [1.807, 2.05) is 7.05 Å². The Hall–Kier alpha value is -1.21. The van der Waals surface area contributed by atoms with E-state index < -0.39 is 0 Å². The molecule has 1 aliphatic heterocycles. The number of hydrogen-bond acceptors (Lipinski definition) is 4. The molecular formula is C11H18N4O2S. The van der Waals surface area contributed by atoms with E-state index in [0.29, 0.717) is 17.7 Å². The van der Waals surface area contributed by atoms with Gasteiger partial charge in [-0.3, -0.25) is 9.89 Å². The molecule has 18 heavy (non-hydrogen) atoms. The van der Waals surface area contributed by atoms with Gasteiger partial charge in [-0.25, -0.2) is 0 Å². The van der Waals surface area contributed by atoms with Gasteiger partial charge in [0.2, 0.25) is 5.91 Å². The Morgan fingerprint density at radius 3 is 3.11 bits per heavy atom. The maximum Gasteiger partial charge on any atom is 0.222 e. The van der Waals surface area contributed by atoms with Gasteiger partial charge in [-0.1, -0.05) is 0 Å². The Morgan fingerprint density at radius 1 is 1.67 bits per heavy atom. The van der Waals surface area contributed by atoms with E-state index >= 15 is 0 Å². The van der Waals surface area contributed by atoms with Gasteiger partial charge in [-0.05, 0) is 31.5 Å². The van der Waals surface area contributed by atoms with Crippen LogP contribution in [0.25, 0.3) is 0 Å². The molecule has 6 nitrogen and oxygen atoms in total. The number of carbonyl (C=O) groups is 1. The lowest BCUT2D eigenvalue weighted by Crippen LogP contribution is -2.30. The van der Waals surface area contributed by atoms with Crippen LogP contribution < -0.4 is 5.32 Å². The second-order valence-corrected chi connectivity index (χ2v) is 4.86. The van der Waals surface area contributed by atoms with Crippen LogP contribution in [0.5, 0.6) is 0 Å². The number of H-pyrrole nitrogens is 1. The van der Waals surface area contributed by atoms with Crippen LogP contribution in [0.4, 0.5) is 0 Å². The third-order valence-corrected chi connectivity index (χ3v) is 3.47. The zero-order valence-corrected chi connectivity index (χ0v) is 11.3. The molecule has 0 aromatic carbocycles. The monoisotopic (exact) mass is 270 g/mol. The number of amides is 1. The van der Waals surface area contributed by atoms with E-state index in [4.69, 9.17) is 17.0 Å². The van der Waals surface area contributed by atoms with Crippen LogP contribution >= 0.6 is 12.2 Å². The van der Waals surface area contributed by atoms with Crippen molar-refractivity contribution in [2.75, 3.05) is 6.61 Å². The second-order valence-electron chi connectivity index (χ2n) is 4.47. The quantitative estimate of drug-likeness (QED) is 0.802. The van der Waals surface area contributed by atoms with E-state index in [-0.39, 0.29) is 12.0 Å². The number of aromatic nitrogens is 3. The first-order chi connectivity index (χ1) is 8.66. The third-order valence-electron chi connectivity index (χ3n) is 3.10. The molecule has 7 heteroatoms. The van der Waals surface area contributed by atoms with Crippen LogP contribution in [-0.4, -0.2) is 33.4 Å². The molecular weight excluding hydrogens is 252 g/mol. The van der Waals surface area contributed by atoms with Gasteiger partial charge in [0, 0.05) is 13.7 Å². The summed E-state index contributed by atoms with van der Waals surface area (Å²) in [5.74, 6) is 0.716. The summed E-state index contributed by atoms with van der Waals surface area (Å²) in [5, 5.41) is 9.55. The number of aromatic amines is 1. The van der Waals surface area contributed by atoms with Crippen LogP contribution in [0.15, 0.2) is 0 Å². The minimum absolute atomic E-state index is 0.00387. The summed E-state index contributed by atoms with van der Waals surface area (Å²) in [4.78, 5) is 11.7. The van der Waals surface area contributed by atoms with Crippen LogP contribution in [0.1, 0.15) is 31.5 Å². The van der Waals surface area contributed by atoms with E-state index in [9.17, 15) is 4.79 Å². The first kappa shape index (κ1) is 13.2. The van der Waals surface area contributed by atoms with Crippen molar-refractivity contribution in [3.63, 3.8) is 0 Å². The Morgan fingerprint density at radius 2 is 2.50 bits per heavy atom. The van der Waals surface area contributed by atoms with Crippen molar-refractivity contribution in [2.24, 2.45) is 7.05 Å². The van der Waals surface area contributed by atoms with Crippen LogP contribution in [-0.2, 0) is 23.1 Å². The van der Waals surface area contributed by atoms with Crippen LogP contribution in [0.3, 0.4) is 0 Å². The van der Waals surface area contributed by atoms with E-state index in [0.717, 1.165) is 31.7 Å². The van der Waals surface area contributed by atoms with Crippen molar-refractivity contribution in [1.29, 1.82) is 0 Å². The summed E-state index contributed by atoms with van der Waals surface area (Å²) in [6.45, 7) is 1.15. The number of ether oxygens (including phenoxy) is 1. The van der Waals surface area contributed by atoms with Gasteiger partial charge in [-0.15, -0.1) is 0 Å². The summed E-state index contributed by atoms with van der Waals surface area (Å²) in [7, 11) is 1.82.